The summed E-state index contributed by atoms with van der Waals surface area (Å²) in [5.41, 5.74) is -0.613. The highest BCUT2D eigenvalue weighted by atomic mass is 32.1. The maximum absolute atomic E-state index is 13.5. The monoisotopic (exact) mass is 526 g/mol. The average Bonchev–Trinajstić information content (AvgIpc) is 3.69. The predicted octanol–water partition coefficient (Wildman–Crippen LogP) is 4.41. The van der Waals surface area contributed by atoms with Crippen LogP contribution in [-0.2, 0) is 28.6 Å². The molecule has 192 valence electrons. The van der Waals surface area contributed by atoms with Crippen molar-refractivity contribution in [3.63, 3.8) is 0 Å². The van der Waals surface area contributed by atoms with Crippen molar-refractivity contribution in [1.82, 2.24) is 9.47 Å². The number of carbonyl (C=O) groups is 1. The lowest BCUT2D eigenvalue weighted by Gasteiger charge is -2.32. The first kappa shape index (κ1) is 25.4. The van der Waals surface area contributed by atoms with Crippen LogP contribution < -0.4 is 5.56 Å². The number of unbranched alkanes of at least 4 members (excludes halogenated alkanes) is 1. The third kappa shape index (κ3) is 4.84. The van der Waals surface area contributed by atoms with Gasteiger partial charge in [-0.3, -0.25) is 4.79 Å². The number of nitrogens with zero attached hydrogens (tertiary/aromatic N) is 2. The number of rotatable bonds is 10. The van der Waals surface area contributed by atoms with Crippen molar-refractivity contribution in [2.24, 2.45) is 18.9 Å². The van der Waals surface area contributed by atoms with Gasteiger partial charge in [0.15, 0.2) is 0 Å². The largest absolute Gasteiger partial charge is 0.459 e. The van der Waals surface area contributed by atoms with E-state index in [-0.39, 0.29) is 11.7 Å². The van der Waals surface area contributed by atoms with Crippen LogP contribution in [0.25, 0.3) is 0 Å². The number of hydrogen-bond donors (Lipinski definition) is 1. The Morgan fingerprint density at radius 3 is 2.53 bits per heavy atom. The minimum atomic E-state index is -1.75. The summed E-state index contributed by atoms with van der Waals surface area (Å²) in [6.45, 7) is 0.980. The van der Waals surface area contributed by atoms with E-state index in [1.165, 1.54) is 22.7 Å². The molecule has 0 saturated heterocycles. The van der Waals surface area contributed by atoms with Gasteiger partial charge in [-0.25, -0.2) is 4.79 Å². The van der Waals surface area contributed by atoms with Gasteiger partial charge in [-0.2, -0.15) is 0 Å². The first-order chi connectivity index (χ1) is 17.4. The topological polar surface area (TPSA) is 71.8 Å². The fourth-order valence-electron chi connectivity index (χ4n) is 6.02. The summed E-state index contributed by atoms with van der Waals surface area (Å²) >= 11 is 2.75. The minimum absolute atomic E-state index is 0.0391. The van der Waals surface area contributed by atoms with Crippen molar-refractivity contribution in [2.75, 3.05) is 13.6 Å². The number of carbonyl (C=O) groups excluding carboxylic acids is 1. The van der Waals surface area contributed by atoms with Gasteiger partial charge in [-0.05, 0) is 92.6 Å². The van der Waals surface area contributed by atoms with Crippen LogP contribution in [0.2, 0.25) is 0 Å². The summed E-state index contributed by atoms with van der Waals surface area (Å²) in [4.78, 5) is 29.0. The maximum Gasteiger partial charge on any atom is 0.349 e. The van der Waals surface area contributed by atoms with Crippen LogP contribution in [0.1, 0.15) is 47.4 Å². The molecule has 3 aromatic rings. The Labute approximate surface area is 220 Å². The van der Waals surface area contributed by atoms with Gasteiger partial charge < -0.3 is 19.3 Å². The molecule has 0 aliphatic heterocycles. The zero-order chi connectivity index (χ0) is 25.3. The van der Waals surface area contributed by atoms with Crippen molar-refractivity contribution >= 4 is 28.6 Å². The SMILES string of the molecule is CN(CCCCc1ccn(C)c(=O)c1)C1CC2CCC1C2OC(=O)C(O)(c1cccs1)c1cccs1. The Balaban J connectivity index is 1.19. The number of pyridine rings is 1. The van der Waals surface area contributed by atoms with E-state index in [9.17, 15) is 14.7 Å². The molecule has 2 aliphatic rings. The predicted molar refractivity (Wildman–Crippen MR) is 143 cm³/mol. The maximum atomic E-state index is 13.5. The lowest BCUT2D eigenvalue weighted by Crippen LogP contribution is -2.42. The fourth-order valence-corrected chi connectivity index (χ4v) is 7.74. The van der Waals surface area contributed by atoms with Crippen LogP contribution in [-0.4, -0.2) is 46.3 Å². The lowest BCUT2D eigenvalue weighted by molar-refractivity contribution is -0.170. The highest BCUT2D eigenvalue weighted by Gasteiger charge is 2.54. The molecular weight excluding hydrogens is 492 g/mol. The zero-order valence-corrected chi connectivity index (χ0v) is 22.5. The Hall–Kier alpha value is -2.26. The van der Waals surface area contributed by atoms with Gasteiger partial charge in [0.1, 0.15) is 6.10 Å². The number of fused-ring (bicyclic) bond motifs is 2. The van der Waals surface area contributed by atoms with Crippen LogP contribution in [0.3, 0.4) is 0 Å². The molecule has 2 bridgehead atoms. The summed E-state index contributed by atoms with van der Waals surface area (Å²) < 4.78 is 7.76. The molecule has 4 atom stereocenters. The van der Waals surface area contributed by atoms with Gasteiger partial charge in [-0.1, -0.05) is 12.1 Å². The highest BCUT2D eigenvalue weighted by molar-refractivity contribution is 7.12. The molecule has 2 saturated carbocycles. The smallest absolute Gasteiger partial charge is 0.349 e. The van der Waals surface area contributed by atoms with E-state index in [4.69, 9.17) is 4.74 Å². The Bertz CT molecular complexity index is 1190. The lowest BCUT2D eigenvalue weighted by atomic mass is 9.94. The van der Waals surface area contributed by atoms with Crippen LogP contribution in [0.15, 0.2) is 58.1 Å². The van der Waals surface area contributed by atoms with Crippen molar-refractivity contribution in [3.05, 3.63) is 79.0 Å². The molecule has 4 unspecified atom stereocenters. The molecule has 3 aromatic heterocycles. The second kappa shape index (κ2) is 10.6. The molecule has 0 spiro atoms. The quantitative estimate of drug-likeness (QED) is 0.313. The molecule has 8 heteroatoms. The second-order valence-corrected chi connectivity index (χ2v) is 12.2. The van der Waals surface area contributed by atoms with Gasteiger partial charge in [0.2, 0.25) is 5.60 Å². The number of aromatic nitrogens is 1. The molecule has 5 rings (SSSR count). The molecule has 0 aromatic carbocycles. The third-order valence-electron chi connectivity index (χ3n) is 8.05. The number of aliphatic hydroxyl groups is 1. The Kier molecular flexibility index (Phi) is 7.49. The van der Waals surface area contributed by atoms with Crippen molar-refractivity contribution in [3.8, 4) is 0 Å². The van der Waals surface area contributed by atoms with E-state index in [1.807, 2.05) is 35.2 Å². The van der Waals surface area contributed by atoms with Gasteiger partial charge >= 0.3 is 5.97 Å². The van der Waals surface area contributed by atoms with Crippen LogP contribution >= 0.6 is 22.7 Å². The first-order valence-corrected chi connectivity index (χ1v) is 14.5. The van der Waals surface area contributed by atoms with Gasteiger partial charge in [0.25, 0.3) is 5.56 Å². The Morgan fingerprint density at radius 1 is 1.17 bits per heavy atom. The average molecular weight is 527 g/mol. The minimum Gasteiger partial charge on any atom is -0.459 e. The number of thiophene rings is 2. The summed E-state index contributed by atoms with van der Waals surface area (Å²) in [6.07, 6.45) is 7.85. The van der Waals surface area contributed by atoms with Crippen LogP contribution in [0, 0.1) is 11.8 Å². The molecule has 0 amide bonds. The fraction of sp³-hybridized carbons (Fsp3) is 0.500. The number of ether oxygens (including phenoxy) is 1. The number of hydrogen-bond acceptors (Lipinski definition) is 7. The Morgan fingerprint density at radius 2 is 1.89 bits per heavy atom. The van der Waals surface area contributed by atoms with E-state index in [2.05, 4.69) is 11.9 Å². The van der Waals surface area contributed by atoms with E-state index in [0.29, 0.717) is 27.6 Å². The number of esters is 1. The van der Waals surface area contributed by atoms with Crippen molar-refractivity contribution in [1.29, 1.82) is 0 Å². The summed E-state index contributed by atoms with van der Waals surface area (Å²) in [7, 11) is 3.95. The molecular formula is C28H34N2O4S2. The summed E-state index contributed by atoms with van der Waals surface area (Å²) in [6, 6.07) is 11.5. The molecule has 6 nitrogen and oxygen atoms in total. The van der Waals surface area contributed by atoms with Gasteiger partial charge in [0, 0.05) is 31.3 Å². The highest BCUT2D eigenvalue weighted by Crippen LogP contribution is 2.49. The van der Waals surface area contributed by atoms with Crippen molar-refractivity contribution < 1.29 is 14.6 Å². The van der Waals surface area contributed by atoms with Crippen molar-refractivity contribution in [2.45, 2.75) is 56.3 Å². The summed E-state index contributed by atoms with van der Waals surface area (Å²) in [5.74, 6) is 0.103. The normalized spacial score (nSPS) is 23.4. The van der Waals surface area contributed by atoms with E-state index >= 15 is 0 Å². The first-order valence-electron chi connectivity index (χ1n) is 12.7. The number of aryl methyl sites for hydroxylation is 2. The second-order valence-electron chi connectivity index (χ2n) is 10.3. The molecule has 3 heterocycles. The molecule has 0 radical (unpaired) electrons. The van der Waals surface area contributed by atoms with E-state index in [0.717, 1.165) is 50.6 Å². The van der Waals surface area contributed by atoms with Gasteiger partial charge in [-0.15, -0.1) is 22.7 Å². The molecule has 1 N–H and O–H groups in total. The van der Waals surface area contributed by atoms with Crippen LogP contribution in [0.5, 0.6) is 0 Å². The molecule has 2 fully saturated rings. The van der Waals surface area contributed by atoms with Crippen LogP contribution in [0.4, 0.5) is 0 Å². The van der Waals surface area contributed by atoms with Gasteiger partial charge in [0.05, 0.1) is 9.75 Å². The molecule has 36 heavy (non-hydrogen) atoms. The van der Waals surface area contributed by atoms with E-state index in [1.54, 1.807) is 29.8 Å². The zero-order valence-electron chi connectivity index (χ0n) is 20.8. The molecule has 2 aliphatic carbocycles. The van der Waals surface area contributed by atoms with E-state index < -0.39 is 11.6 Å². The third-order valence-corrected chi connectivity index (χ3v) is 10.0. The standard InChI is InChI=1S/C28H34N2O4S2/c1-29(13-4-3-7-19-12-14-30(2)25(31)17-19)22-18-20-10-11-21(22)26(20)34-27(32)28(33,23-8-5-15-35-23)24-9-6-16-36-24/h5-6,8-9,12,14-17,20-22,26,33H,3-4,7,10-11,13,18H2,1-2H3. The summed E-state index contributed by atoms with van der Waals surface area (Å²) in [5, 5.41) is 15.4.